The number of ether oxygens (including phenoxy) is 1. The number of hydrogen-bond donors (Lipinski definition) is 1. The molecule has 1 aliphatic heterocycles. The second-order valence-electron chi connectivity index (χ2n) is 7.50. The van der Waals surface area contributed by atoms with E-state index in [1.807, 2.05) is 49.5 Å². The minimum absolute atomic E-state index is 0.0467. The number of hydrazone groups is 1. The van der Waals surface area contributed by atoms with Crippen LogP contribution in [-0.4, -0.2) is 56.3 Å². The molecule has 1 heterocycles. The SMILES string of the molecule is COc1ccc(C2=NN(CCC(=O)NCCCN(C)c3ccccc3)C(=O)CC2)cc1. The van der Waals surface area contributed by atoms with Crippen LogP contribution in [0.1, 0.15) is 31.2 Å². The topological polar surface area (TPSA) is 74.2 Å². The molecule has 2 aromatic carbocycles. The molecular weight excluding hydrogens is 392 g/mol. The Bertz CT molecular complexity index is 897. The van der Waals surface area contributed by atoms with Crippen molar-refractivity contribution in [2.24, 2.45) is 5.10 Å². The van der Waals surface area contributed by atoms with Crippen molar-refractivity contribution in [3.05, 3.63) is 60.2 Å². The monoisotopic (exact) mass is 422 g/mol. The Hall–Kier alpha value is -3.35. The van der Waals surface area contributed by atoms with Crippen molar-refractivity contribution in [2.75, 3.05) is 38.7 Å². The number of rotatable bonds is 10. The molecule has 0 spiro atoms. The maximum absolute atomic E-state index is 12.2. The Morgan fingerprint density at radius 3 is 2.58 bits per heavy atom. The molecule has 1 aliphatic rings. The summed E-state index contributed by atoms with van der Waals surface area (Å²) in [4.78, 5) is 26.6. The van der Waals surface area contributed by atoms with E-state index in [9.17, 15) is 9.59 Å². The lowest BCUT2D eigenvalue weighted by Crippen LogP contribution is -2.36. The van der Waals surface area contributed by atoms with Gasteiger partial charge in [-0.2, -0.15) is 5.10 Å². The van der Waals surface area contributed by atoms with Crippen LogP contribution in [0, 0.1) is 0 Å². The van der Waals surface area contributed by atoms with E-state index in [-0.39, 0.29) is 24.8 Å². The zero-order chi connectivity index (χ0) is 22.1. The van der Waals surface area contributed by atoms with Crippen LogP contribution in [-0.2, 0) is 9.59 Å². The summed E-state index contributed by atoms with van der Waals surface area (Å²) in [5.41, 5.74) is 2.97. The molecule has 0 saturated carbocycles. The molecule has 3 rings (SSSR count). The molecule has 0 aliphatic carbocycles. The molecule has 2 amide bonds. The number of hydrogen-bond acceptors (Lipinski definition) is 5. The molecule has 0 fully saturated rings. The first-order chi connectivity index (χ1) is 15.1. The molecule has 31 heavy (non-hydrogen) atoms. The van der Waals surface area contributed by atoms with Crippen molar-refractivity contribution in [3.8, 4) is 5.75 Å². The van der Waals surface area contributed by atoms with Crippen LogP contribution in [0.25, 0.3) is 0 Å². The maximum Gasteiger partial charge on any atom is 0.243 e. The number of methoxy groups -OCH3 is 1. The third kappa shape index (κ3) is 6.57. The molecule has 0 bridgehead atoms. The average Bonchev–Trinajstić information content (AvgIpc) is 2.82. The summed E-state index contributed by atoms with van der Waals surface area (Å²) in [5, 5.41) is 8.84. The highest BCUT2D eigenvalue weighted by molar-refractivity contribution is 6.04. The molecule has 2 aromatic rings. The summed E-state index contributed by atoms with van der Waals surface area (Å²) in [6, 6.07) is 17.8. The Morgan fingerprint density at radius 1 is 1.13 bits per heavy atom. The molecule has 0 saturated heterocycles. The van der Waals surface area contributed by atoms with Crippen LogP contribution in [0.15, 0.2) is 59.7 Å². The molecule has 0 radical (unpaired) electrons. The normalized spacial score (nSPS) is 13.5. The van der Waals surface area contributed by atoms with Crippen LogP contribution in [0.5, 0.6) is 5.75 Å². The van der Waals surface area contributed by atoms with Gasteiger partial charge >= 0.3 is 0 Å². The lowest BCUT2D eigenvalue weighted by molar-refractivity contribution is -0.132. The second-order valence-corrected chi connectivity index (χ2v) is 7.50. The Kier molecular flexibility index (Phi) is 8.04. The molecule has 7 heteroatoms. The van der Waals surface area contributed by atoms with Gasteiger partial charge in [-0.15, -0.1) is 0 Å². The Morgan fingerprint density at radius 2 is 1.87 bits per heavy atom. The van der Waals surface area contributed by atoms with Crippen LogP contribution in [0.3, 0.4) is 0 Å². The van der Waals surface area contributed by atoms with Crippen LogP contribution in [0.4, 0.5) is 5.69 Å². The highest BCUT2D eigenvalue weighted by atomic mass is 16.5. The van der Waals surface area contributed by atoms with E-state index in [2.05, 4.69) is 27.5 Å². The summed E-state index contributed by atoms with van der Waals surface area (Å²) in [7, 11) is 3.66. The van der Waals surface area contributed by atoms with Gasteiger partial charge in [0.2, 0.25) is 11.8 Å². The minimum atomic E-state index is -0.0677. The van der Waals surface area contributed by atoms with Crippen LogP contribution >= 0.6 is 0 Å². The van der Waals surface area contributed by atoms with Crippen molar-refractivity contribution in [1.82, 2.24) is 10.3 Å². The average molecular weight is 423 g/mol. The number of para-hydroxylation sites is 1. The Balaban J connectivity index is 1.42. The number of nitrogens with one attached hydrogen (secondary N) is 1. The van der Waals surface area contributed by atoms with Crippen LogP contribution in [0.2, 0.25) is 0 Å². The smallest absolute Gasteiger partial charge is 0.243 e. The number of nitrogens with zero attached hydrogens (tertiary/aromatic N) is 3. The van der Waals surface area contributed by atoms with Gasteiger partial charge in [-0.25, -0.2) is 5.01 Å². The van der Waals surface area contributed by atoms with Crippen LogP contribution < -0.4 is 15.0 Å². The fourth-order valence-electron chi connectivity index (χ4n) is 3.42. The lowest BCUT2D eigenvalue weighted by atomic mass is 10.0. The quantitative estimate of drug-likeness (QED) is 0.597. The minimum Gasteiger partial charge on any atom is -0.497 e. The molecule has 0 aromatic heterocycles. The molecule has 7 nitrogen and oxygen atoms in total. The molecule has 0 unspecified atom stereocenters. The first-order valence-corrected chi connectivity index (χ1v) is 10.6. The largest absolute Gasteiger partial charge is 0.497 e. The molecule has 164 valence electrons. The predicted octanol–water partition coefficient (Wildman–Crippen LogP) is 3.05. The number of benzene rings is 2. The van der Waals surface area contributed by atoms with Crippen molar-refractivity contribution in [2.45, 2.75) is 25.7 Å². The summed E-state index contributed by atoms with van der Waals surface area (Å²) in [6.45, 7) is 1.74. The van der Waals surface area contributed by atoms with Gasteiger partial charge in [-0.05, 0) is 48.4 Å². The zero-order valence-corrected chi connectivity index (χ0v) is 18.2. The van der Waals surface area contributed by atoms with E-state index in [4.69, 9.17) is 4.74 Å². The predicted molar refractivity (Wildman–Crippen MR) is 122 cm³/mol. The standard InChI is InChI=1S/C24H30N4O3/c1-27(20-7-4-3-5-8-20)17-6-16-25-23(29)15-18-28-24(30)14-13-22(26-28)19-9-11-21(31-2)12-10-19/h3-5,7-12H,6,13-18H2,1-2H3,(H,25,29). The summed E-state index contributed by atoms with van der Waals surface area (Å²) in [5.74, 6) is 0.663. The molecule has 0 atom stereocenters. The zero-order valence-electron chi connectivity index (χ0n) is 18.2. The van der Waals surface area contributed by atoms with E-state index in [1.54, 1.807) is 7.11 Å². The van der Waals surface area contributed by atoms with E-state index >= 15 is 0 Å². The van der Waals surface area contributed by atoms with Crippen molar-refractivity contribution in [1.29, 1.82) is 0 Å². The fourth-order valence-corrected chi connectivity index (χ4v) is 3.42. The summed E-state index contributed by atoms with van der Waals surface area (Å²) in [6.07, 6.45) is 2.08. The highest BCUT2D eigenvalue weighted by Crippen LogP contribution is 2.18. The van der Waals surface area contributed by atoms with Gasteiger partial charge in [0.1, 0.15) is 5.75 Å². The van der Waals surface area contributed by atoms with E-state index < -0.39 is 0 Å². The van der Waals surface area contributed by atoms with Crippen molar-refractivity contribution in [3.63, 3.8) is 0 Å². The van der Waals surface area contributed by atoms with Gasteiger partial charge in [-0.1, -0.05) is 18.2 Å². The van der Waals surface area contributed by atoms with Gasteiger partial charge in [0.05, 0.1) is 19.4 Å². The Labute approximate surface area is 183 Å². The highest BCUT2D eigenvalue weighted by Gasteiger charge is 2.21. The van der Waals surface area contributed by atoms with Gasteiger partial charge in [0.15, 0.2) is 0 Å². The third-order valence-corrected chi connectivity index (χ3v) is 5.27. The van der Waals surface area contributed by atoms with Gasteiger partial charge in [0, 0.05) is 45.1 Å². The van der Waals surface area contributed by atoms with E-state index in [0.717, 1.165) is 35.7 Å². The number of amides is 2. The summed E-state index contributed by atoms with van der Waals surface area (Å²) < 4.78 is 5.18. The van der Waals surface area contributed by atoms with E-state index in [1.165, 1.54) is 5.01 Å². The fraction of sp³-hybridized carbons (Fsp3) is 0.375. The molecule has 1 N–H and O–H groups in total. The lowest BCUT2D eigenvalue weighted by Gasteiger charge is -2.23. The number of anilines is 1. The second kappa shape index (κ2) is 11.2. The van der Waals surface area contributed by atoms with E-state index in [0.29, 0.717) is 19.4 Å². The van der Waals surface area contributed by atoms with Crippen molar-refractivity contribution < 1.29 is 14.3 Å². The van der Waals surface area contributed by atoms with Crippen molar-refractivity contribution >= 4 is 23.2 Å². The summed E-state index contributed by atoms with van der Waals surface area (Å²) >= 11 is 0. The number of carbonyl (C=O) groups is 2. The third-order valence-electron chi connectivity index (χ3n) is 5.27. The maximum atomic E-state index is 12.2. The molecular formula is C24H30N4O3. The first kappa shape index (κ1) is 22.3. The first-order valence-electron chi connectivity index (χ1n) is 10.6. The van der Waals surface area contributed by atoms with Gasteiger partial charge < -0.3 is 15.0 Å². The van der Waals surface area contributed by atoms with Gasteiger partial charge in [0.25, 0.3) is 0 Å². The number of carbonyl (C=O) groups excluding carboxylic acids is 2. The van der Waals surface area contributed by atoms with Gasteiger partial charge in [-0.3, -0.25) is 9.59 Å².